The van der Waals surface area contributed by atoms with E-state index in [0.717, 1.165) is 0 Å². The van der Waals surface area contributed by atoms with Crippen molar-refractivity contribution < 1.29 is 9.21 Å². The van der Waals surface area contributed by atoms with Gasteiger partial charge in [-0.2, -0.15) is 0 Å². The van der Waals surface area contributed by atoms with Gasteiger partial charge in [-0.05, 0) is 0 Å². The summed E-state index contributed by atoms with van der Waals surface area (Å²) >= 11 is 0. The number of rotatable bonds is 3. The summed E-state index contributed by atoms with van der Waals surface area (Å²) in [5.74, 6) is 0.0836. The number of fused-ring (bicyclic) bond motifs is 1. The Kier molecular flexibility index (Phi) is 5.93. The number of amides is 1. The Hall–Kier alpha value is -5.20. The third kappa shape index (κ3) is 4.77. The van der Waals surface area contributed by atoms with Gasteiger partial charge in [0.05, 0.1) is 6.20 Å². The zero-order chi connectivity index (χ0) is 23.2. The molecule has 164 valence electrons. The summed E-state index contributed by atoms with van der Waals surface area (Å²) in [6.07, 6.45) is 11.9. The number of carbonyl (C=O) groups excluding carboxylic acids is 1. The Labute approximate surface area is 185 Å². The van der Waals surface area contributed by atoms with Crippen molar-refractivity contribution in [3.8, 4) is 11.6 Å². The van der Waals surface area contributed by atoms with Crippen LogP contribution in [0.4, 0.5) is 17.3 Å². The summed E-state index contributed by atoms with van der Waals surface area (Å²) in [5.41, 5.74) is 12.7. The molecule has 0 aliphatic rings. The normalized spacial score (nSPS) is 10.3. The van der Waals surface area contributed by atoms with Gasteiger partial charge in [-0.3, -0.25) is 14.6 Å². The number of oxazole rings is 1. The van der Waals surface area contributed by atoms with Gasteiger partial charge >= 0.3 is 0 Å². The quantitative estimate of drug-likeness (QED) is 0.311. The second kappa shape index (κ2) is 9.30. The Bertz CT molecular complexity index is 1450. The SMILES string of the molecule is Nc1nccnc1-c1nc2cnccc2o1.Nc1nccnc1C(=O)Nc1c[nH]ccc1=O. The second-order valence-corrected chi connectivity index (χ2v) is 6.32. The Morgan fingerprint density at radius 2 is 1.73 bits per heavy atom. The van der Waals surface area contributed by atoms with Crippen molar-refractivity contribution in [2.45, 2.75) is 0 Å². The third-order valence-corrected chi connectivity index (χ3v) is 4.13. The van der Waals surface area contributed by atoms with Crippen LogP contribution in [-0.4, -0.2) is 40.8 Å². The number of anilines is 3. The summed E-state index contributed by atoms with van der Waals surface area (Å²) in [6.45, 7) is 0. The van der Waals surface area contributed by atoms with Crippen LogP contribution < -0.4 is 22.2 Å². The second-order valence-electron chi connectivity index (χ2n) is 6.32. The van der Waals surface area contributed by atoms with Crippen LogP contribution >= 0.6 is 0 Å². The predicted molar refractivity (Wildman–Crippen MR) is 119 cm³/mol. The van der Waals surface area contributed by atoms with Gasteiger partial charge in [0.2, 0.25) is 11.3 Å². The molecule has 13 heteroatoms. The molecule has 5 rings (SSSR count). The largest absolute Gasteiger partial charge is 0.434 e. The summed E-state index contributed by atoms with van der Waals surface area (Å²) in [7, 11) is 0. The van der Waals surface area contributed by atoms with Gasteiger partial charge in [0.1, 0.15) is 11.2 Å². The van der Waals surface area contributed by atoms with Crippen LogP contribution in [0.3, 0.4) is 0 Å². The highest BCUT2D eigenvalue weighted by Gasteiger charge is 2.14. The minimum absolute atomic E-state index is 0.0114. The van der Waals surface area contributed by atoms with Crippen LogP contribution in [-0.2, 0) is 0 Å². The molecule has 0 aromatic carbocycles. The monoisotopic (exact) mass is 444 g/mol. The number of hydrogen-bond acceptors (Lipinski definition) is 11. The predicted octanol–water partition coefficient (Wildman–Crippen LogP) is 1.26. The van der Waals surface area contributed by atoms with Crippen LogP contribution in [0.2, 0.25) is 0 Å². The zero-order valence-corrected chi connectivity index (χ0v) is 16.8. The first-order valence-corrected chi connectivity index (χ1v) is 9.35. The first-order chi connectivity index (χ1) is 16.0. The summed E-state index contributed by atoms with van der Waals surface area (Å²) in [6, 6.07) is 3.04. The maximum atomic E-state index is 11.7. The van der Waals surface area contributed by atoms with E-state index >= 15 is 0 Å². The zero-order valence-electron chi connectivity index (χ0n) is 16.8. The molecule has 5 aromatic heterocycles. The topological polar surface area (TPSA) is 204 Å². The van der Waals surface area contributed by atoms with Gasteiger partial charge in [0, 0.05) is 55.5 Å². The molecule has 0 atom stereocenters. The number of aromatic amines is 1. The van der Waals surface area contributed by atoms with Crippen molar-refractivity contribution in [3.63, 3.8) is 0 Å². The van der Waals surface area contributed by atoms with Crippen molar-refractivity contribution in [1.82, 2.24) is 34.9 Å². The van der Waals surface area contributed by atoms with E-state index in [2.05, 4.69) is 40.2 Å². The Morgan fingerprint density at radius 3 is 2.45 bits per heavy atom. The van der Waals surface area contributed by atoms with Crippen LogP contribution in [0.5, 0.6) is 0 Å². The molecule has 0 spiro atoms. The molecular weight excluding hydrogens is 428 g/mol. The van der Waals surface area contributed by atoms with Gasteiger partial charge in [0.15, 0.2) is 28.6 Å². The van der Waals surface area contributed by atoms with E-state index in [4.69, 9.17) is 15.9 Å². The maximum Gasteiger partial charge on any atom is 0.278 e. The van der Waals surface area contributed by atoms with Gasteiger partial charge < -0.3 is 26.2 Å². The molecule has 0 bridgehead atoms. The number of carbonyl (C=O) groups is 1. The number of nitrogens with one attached hydrogen (secondary N) is 2. The minimum Gasteiger partial charge on any atom is -0.434 e. The molecule has 0 radical (unpaired) electrons. The fraction of sp³-hybridized carbons (Fsp3) is 0. The molecule has 33 heavy (non-hydrogen) atoms. The van der Waals surface area contributed by atoms with E-state index in [1.54, 1.807) is 24.7 Å². The van der Waals surface area contributed by atoms with Gasteiger partial charge in [-0.15, -0.1) is 0 Å². The van der Waals surface area contributed by atoms with Crippen LogP contribution in [0.15, 0.2) is 70.9 Å². The Balaban J connectivity index is 0.000000157. The number of nitrogens with two attached hydrogens (primary N) is 2. The molecule has 0 fully saturated rings. The van der Waals surface area contributed by atoms with Crippen molar-refractivity contribution in [2.24, 2.45) is 0 Å². The number of aromatic nitrogens is 7. The average Bonchev–Trinajstić information content (AvgIpc) is 3.25. The van der Waals surface area contributed by atoms with E-state index in [-0.39, 0.29) is 22.6 Å². The lowest BCUT2D eigenvalue weighted by atomic mass is 10.3. The number of nitrogens with zero attached hydrogens (tertiary/aromatic N) is 6. The van der Waals surface area contributed by atoms with Gasteiger partial charge in [0.25, 0.3) is 5.91 Å². The maximum absolute atomic E-state index is 11.7. The molecule has 5 aromatic rings. The fourth-order valence-corrected chi connectivity index (χ4v) is 2.61. The molecule has 5 heterocycles. The fourth-order valence-electron chi connectivity index (χ4n) is 2.61. The molecule has 13 nitrogen and oxygen atoms in total. The molecule has 0 unspecified atom stereocenters. The molecular formula is C20H16N10O3. The lowest BCUT2D eigenvalue weighted by molar-refractivity contribution is 0.102. The van der Waals surface area contributed by atoms with E-state index < -0.39 is 5.91 Å². The lowest BCUT2D eigenvalue weighted by Gasteiger charge is -2.04. The minimum atomic E-state index is -0.577. The number of hydrogen-bond donors (Lipinski definition) is 4. The highest BCUT2D eigenvalue weighted by molar-refractivity contribution is 6.05. The van der Waals surface area contributed by atoms with E-state index in [9.17, 15) is 9.59 Å². The van der Waals surface area contributed by atoms with Crippen molar-refractivity contribution in [2.75, 3.05) is 16.8 Å². The summed E-state index contributed by atoms with van der Waals surface area (Å²) in [4.78, 5) is 49.5. The van der Waals surface area contributed by atoms with E-state index in [1.807, 2.05) is 0 Å². The number of H-pyrrole nitrogens is 1. The molecule has 0 aliphatic carbocycles. The van der Waals surface area contributed by atoms with E-state index in [0.29, 0.717) is 28.5 Å². The van der Waals surface area contributed by atoms with Crippen LogP contribution in [0.1, 0.15) is 10.5 Å². The summed E-state index contributed by atoms with van der Waals surface area (Å²) < 4.78 is 5.50. The van der Waals surface area contributed by atoms with Crippen LogP contribution in [0, 0.1) is 0 Å². The third-order valence-electron chi connectivity index (χ3n) is 4.13. The number of nitrogen functional groups attached to an aromatic ring is 2. The van der Waals surface area contributed by atoms with Crippen molar-refractivity contribution in [3.05, 3.63) is 77.6 Å². The molecule has 1 amide bonds. The molecule has 6 N–H and O–H groups in total. The average molecular weight is 444 g/mol. The highest BCUT2D eigenvalue weighted by atomic mass is 16.3. The smallest absolute Gasteiger partial charge is 0.278 e. The number of pyridine rings is 2. The molecule has 0 aliphatic heterocycles. The highest BCUT2D eigenvalue weighted by Crippen LogP contribution is 2.24. The van der Waals surface area contributed by atoms with Crippen LogP contribution in [0.25, 0.3) is 22.7 Å². The van der Waals surface area contributed by atoms with Crippen molar-refractivity contribution in [1.29, 1.82) is 0 Å². The first-order valence-electron chi connectivity index (χ1n) is 9.35. The standard InChI is InChI=1S/C10H9N5O2.C10H7N5O/c11-9-8(13-3-4-14-9)10(17)15-6-5-12-2-1-7(6)16;11-9-8(13-3-4-14-9)10-15-6-5-12-2-1-7(6)16-10/h1-5H,(H2,11,14)(H,12,16)(H,15,17);1-5H,(H2,11,14). The summed E-state index contributed by atoms with van der Waals surface area (Å²) in [5, 5.41) is 2.40. The van der Waals surface area contributed by atoms with Gasteiger partial charge in [-0.1, -0.05) is 0 Å². The molecule has 0 saturated carbocycles. The lowest BCUT2D eigenvalue weighted by Crippen LogP contribution is -2.20. The molecule has 0 saturated heterocycles. The van der Waals surface area contributed by atoms with E-state index in [1.165, 1.54) is 37.1 Å². The Morgan fingerprint density at radius 1 is 0.970 bits per heavy atom. The van der Waals surface area contributed by atoms with Crippen molar-refractivity contribution >= 4 is 34.3 Å². The first kappa shape index (κ1) is 21.0. The van der Waals surface area contributed by atoms with Gasteiger partial charge in [-0.25, -0.2) is 24.9 Å².